The Kier molecular flexibility index (Phi) is 3.47. The van der Waals surface area contributed by atoms with Crippen molar-refractivity contribution in [2.24, 2.45) is 17.3 Å². The molecule has 0 amide bonds. The third-order valence-corrected chi connectivity index (χ3v) is 10.0. The van der Waals surface area contributed by atoms with Crippen LogP contribution in [0.2, 0.25) is 0 Å². The van der Waals surface area contributed by atoms with Crippen LogP contribution in [0.4, 0.5) is 0 Å². The van der Waals surface area contributed by atoms with Gasteiger partial charge in [-0.2, -0.15) is 0 Å². The van der Waals surface area contributed by atoms with E-state index in [4.69, 9.17) is 4.98 Å². The van der Waals surface area contributed by atoms with Gasteiger partial charge in [0.05, 0.1) is 16.7 Å². The fourth-order valence-corrected chi connectivity index (χ4v) is 8.67. The monoisotopic (exact) mass is 430 g/mol. The zero-order valence-electron chi connectivity index (χ0n) is 19.5. The standard InChI is InChI=1S/C31H30N2/c1-18-7-6-8-19(2)29(18)33-28-15-26-22-12-24-13-23-11-21(16-31(23,24)17-22)25(26)14-27(28)32-30(33)20-9-4-3-5-10-20/h3-10,14-15,21-24H,11-13,16-17H2,1-2H3. The molecule has 0 aliphatic heterocycles. The van der Waals surface area contributed by atoms with Crippen LogP contribution in [0.5, 0.6) is 0 Å². The Labute approximate surface area is 195 Å². The van der Waals surface area contributed by atoms with Gasteiger partial charge in [-0.1, -0.05) is 48.5 Å². The maximum absolute atomic E-state index is 5.32. The lowest BCUT2D eigenvalue weighted by Crippen LogP contribution is -2.41. The molecule has 0 radical (unpaired) electrons. The van der Waals surface area contributed by atoms with Gasteiger partial charge in [-0.25, -0.2) is 4.98 Å². The molecule has 5 unspecified atom stereocenters. The summed E-state index contributed by atoms with van der Waals surface area (Å²) in [5.74, 6) is 4.60. The molecule has 3 fully saturated rings. The number of benzene rings is 3. The minimum absolute atomic E-state index is 0.698. The van der Waals surface area contributed by atoms with Crippen LogP contribution in [0.25, 0.3) is 28.1 Å². The van der Waals surface area contributed by atoms with E-state index in [0.29, 0.717) is 5.41 Å². The third kappa shape index (κ3) is 2.27. The summed E-state index contributed by atoms with van der Waals surface area (Å²) in [5.41, 5.74) is 11.5. The smallest absolute Gasteiger partial charge is 0.145 e. The Bertz CT molecular complexity index is 1420. The molecule has 4 aliphatic rings. The van der Waals surface area contributed by atoms with E-state index in [1.807, 2.05) is 0 Å². The quantitative estimate of drug-likeness (QED) is 0.318. The number of rotatable bonds is 2. The lowest BCUT2D eigenvalue weighted by atomic mass is 9.56. The zero-order valence-corrected chi connectivity index (χ0v) is 19.5. The molecule has 3 saturated carbocycles. The molecule has 33 heavy (non-hydrogen) atoms. The highest BCUT2D eigenvalue weighted by Gasteiger charge is 2.65. The molecule has 3 bridgehead atoms. The molecule has 0 N–H and O–H groups in total. The van der Waals surface area contributed by atoms with Crippen LogP contribution in [0, 0.1) is 31.1 Å². The van der Waals surface area contributed by atoms with Gasteiger partial charge < -0.3 is 0 Å². The SMILES string of the molecule is Cc1cccc(C)c1-n1c(-c2ccccc2)nc2cc3c(cc21)C1CC2CC4CC3CC42C1. The molecule has 3 aromatic carbocycles. The molecule has 4 aliphatic carbocycles. The molecule has 164 valence electrons. The molecule has 1 aromatic heterocycles. The van der Waals surface area contributed by atoms with Crippen molar-refractivity contribution < 1.29 is 0 Å². The van der Waals surface area contributed by atoms with E-state index >= 15 is 0 Å². The van der Waals surface area contributed by atoms with Crippen molar-refractivity contribution in [2.75, 3.05) is 0 Å². The van der Waals surface area contributed by atoms with Crippen molar-refractivity contribution in [3.8, 4) is 17.1 Å². The average Bonchev–Trinajstić information content (AvgIpc) is 3.40. The van der Waals surface area contributed by atoms with Crippen molar-refractivity contribution in [3.63, 3.8) is 0 Å². The molecule has 1 heterocycles. The van der Waals surface area contributed by atoms with Gasteiger partial charge in [0.15, 0.2) is 0 Å². The van der Waals surface area contributed by atoms with Crippen LogP contribution in [0.3, 0.4) is 0 Å². The van der Waals surface area contributed by atoms with Crippen LogP contribution < -0.4 is 0 Å². The molecular weight excluding hydrogens is 400 g/mol. The Morgan fingerprint density at radius 1 is 0.788 bits per heavy atom. The molecule has 4 aromatic rings. The van der Waals surface area contributed by atoms with Gasteiger partial charge in [0.2, 0.25) is 0 Å². The van der Waals surface area contributed by atoms with E-state index in [9.17, 15) is 0 Å². The molecule has 2 heteroatoms. The Morgan fingerprint density at radius 2 is 1.45 bits per heavy atom. The third-order valence-electron chi connectivity index (χ3n) is 10.0. The first-order chi connectivity index (χ1) is 16.1. The number of aromatic nitrogens is 2. The van der Waals surface area contributed by atoms with Crippen molar-refractivity contribution >= 4 is 11.0 Å². The van der Waals surface area contributed by atoms with Gasteiger partial charge in [0, 0.05) is 5.56 Å². The summed E-state index contributed by atoms with van der Waals surface area (Å²) in [6, 6.07) is 22.5. The normalized spacial score (nSPS) is 30.8. The van der Waals surface area contributed by atoms with Gasteiger partial charge in [-0.05, 0) is 109 Å². The van der Waals surface area contributed by atoms with E-state index in [0.717, 1.165) is 29.5 Å². The van der Waals surface area contributed by atoms with E-state index in [1.165, 1.54) is 65.5 Å². The first kappa shape index (κ1) is 18.5. The lowest BCUT2D eigenvalue weighted by molar-refractivity contribution is 0.00322. The summed E-state index contributed by atoms with van der Waals surface area (Å²) < 4.78 is 2.46. The van der Waals surface area contributed by atoms with Crippen LogP contribution in [-0.4, -0.2) is 9.55 Å². The maximum atomic E-state index is 5.32. The second kappa shape index (κ2) is 6.17. The molecule has 1 spiro atoms. The Hall–Kier alpha value is -2.87. The fraction of sp³-hybridized carbons (Fsp3) is 0.387. The number of fused-ring (bicyclic) bond motifs is 6. The van der Waals surface area contributed by atoms with Gasteiger partial charge >= 0.3 is 0 Å². The lowest BCUT2D eigenvalue weighted by Gasteiger charge is -2.48. The summed E-state index contributed by atoms with van der Waals surface area (Å²) in [4.78, 5) is 5.32. The van der Waals surface area contributed by atoms with E-state index in [1.54, 1.807) is 11.1 Å². The largest absolute Gasteiger partial charge is 0.292 e. The van der Waals surface area contributed by atoms with Crippen LogP contribution in [-0.2, 0) is 0 Å². The summed E-state index contributed by atoms with van der Waals surface area (Å²) >= 11 is 0. The maximum Gasteiger partial charge on any atom is 0.145 e. The second-order valence-corrected chi connectivity index (χ2v) is 11.5. The predicted octanol–water partition coefficient (Wildman–Crippen LogP) is 7.70. The van der Waals surface area contributed by atoms with E-state index in [2.05, 4.69) is 79.1 Å². The molecule has 2 nitrogen and oxygen atoms in total. The number of imidazole rings is 1. The van der Waals surface area contributed by atoms with E-state index < -0.39 is 0 Å². The van der Waals surface area contributed by atoms with E-state index in [-0.39, 0.29) is 0 Å². The summed E-state index contributed by atoms with van der Waals surface area (Å²) in [6.07, 6.45) is 7.24. The second-order valence-electron chi connectivity index (χ2n) is 11.5. The van der Waals surface area contributed by atoms with Crippen LogP contribution >= 0.6 is 0 Å². The minimum atomic E-state index is 0.698. The summed E-state index contributed by atoms with van der Waals surface area (Å²) in [7, 11) is 0. The minimum Gasteiger partial charge on any atom is -0.292 e. The highest BCUT2D eigenvalue weighted by molar-refractivity contribution is 5.86. The Morgan fingerprint density at radius 3 is 2.15 bits per heavy atom. The number of aryl methyl sites for hydroxylation is 2. The van der Waals surface area contributed by atoms with Gasteiger partial charge in [0.1, 0.15) is 5.82 Å². The van der Waals surface area contributed by atoms with Crippen molar-refractivity contribution in [1.82, 2.24) is 9.55 Å². The highest BCUT2D eigenvalue weighted by atomic mass is 15.1. The molecular formula is C31H30N2. The first-order valence-corrected chi connectivity index (χ1v) is 12.8. The Balaban J connectivity index is 1.43. The predicted molar refractivity (Wildman–Crippen MR) is 134 cm³/mol. The summed E-state index contributed by atoms with van der Waals surface area (Å²) in [5, 5.41) is 0. The highest BCUT2D eigenvalue weighted by Crippen LogP contribution is 2.76. The van der Waals surface area contributed by atoms with Crippen LogP contribution in [0.1, 0.15) is 66.2 Å². The number of nitrogens with zero attached hydrogens (tertiary/aromatic N) is 2. The van der Waals surface area contributed by atoms with Crippen LogP contribution in [0.15, 0.2) is 60.7 Å². The number of para-hydroxylation sites is 1. The molecule has 8 rings (SSSR count). The zero-order chi connectivity index (χ0) is 21.9. The van der Waals surface area contributed by atoms with Gasteiger partial charge in [-0.15, -0.1) is 0 Å². The number of hydrogen-bond donors (Lipinski definition) is 0. The first-order valence-electron chi connectivity index (χ1n) is 12.8. The topological polar surface area (TPSA) is 17.8 Å². The molecule has 0 saturated heterocycles. The van der Waals surface area contributed by atoms with Gasteiger partial charge in [-0.3, -0.25) is 4.57 Å². The van der Waals surface area contributed by atoms with Gasteiger partial charge in [0.25, 0.3) is 0 Å². The summed E-state index contributed by atoms with van der Waals surface area (Å²) in [6.45, 7) is 4.47. The van der Waals surface area contributed by atoms with Crippen molar-refractivity contribution in [2.45, 2.75) is 57.8 Å². The average molecular weight is 431 g/mol. The fourth-order valence-electron chi connectivity index (χ4n) is 8.67. The van der Waals surface area contributed by atoms with Crippen molar-refractivity contribution in [1.29, 1.82) is 0 Å². The number of hydrogen-bond acceptors (Lipinski definition) is 1. The molecule has 5 atom stereocenters. The van der Waals surface area contributed by atoms with Crippen molar-refractivity contribution in [3.05, 3.63) is 82.9 Å².